The third-order valence-electron chi connectivity index (χ3n) is 2.44. The zero-order valence-corrected chi connectivity index (χ0v) is 8.11. The van der Waals surface area contributed by atoms with E-state index in [0.717, 1.165) is 30.0 Å². The molecule has 0 unspecified atom stereocenters. The summed E-state index contributed by atoms with van der Waals surface area (Å²) in [5, 5.41) is 8.78. The molecule has 0 atom stereocenters. The summed E-state index contributed by atoms with van der Waals surface area (Å²) < 4.78 is 0. The Kier molecular flexibility index (Phi) is 1.87. The van der Waals surface area contributed by atoms with Crippen LogP contribution in [0.1, 0.15) is 21.9 Å². The highest BCUT2D eigenvalue weighted by Crippen LogP contribution is 2.25. The van der Waals surface area contributed by atoms with Gasteiger partial charge in [0, 0.05) is 24.8 Å². The minimum Gasteiger partial charge on any atom is -0.475 e. The van der Waals surface area contributed by atoms with E-state index in [9.17, 15) is 4.79 Å². The van der Waals surface area contributed by atoms with Crippen LogP contribution in [0.2, 0.25) is 0 Å². The second kappa shape index (κ2) is 2.94. The molecule has 1 aliphatic rings. The lowest BCUT2D eigenvalue weighted by molar-refractivity contribution is 0.0683. The Morgan fingerprint density at radius 1 is 1.50 bits per heavy atom. The molecule has 1 aromatic heterocycles. The first-order valence-electron chi connectivity index (χ1n) is 4.41. The minimum atomic E-state index is -1.07. The molecule has 0 aliphatic carbocycles. The molecule has 74 valence electrons. The molecule has 14 heavy (non-hydrogen) atoms. The average Bonchev–Trinajstić information content (AvgIpc) is 2.48. The molecule has 1 aromatic rings. The van der Waals surface area contributed by atoms with Gasteiger partial charge in [-0.2, -0.15) is 0 Å². The van der Waals surface area contributed by atoms with Gasteiger partial charge < -0.3 is 10.0 Å². The number of anilines is 1. The number of fused-ring (bicyclic) bond motifs is 1. The van der Waals surface area contributed by atoms with E-state index in [1.54, 1.807) is 0 Å². The van der Waals surface area contributed by atoms with Crippen LogP contribution in [0.15, 0.2) is 0 Å². The van der Waals surface area contributed by atoms with Gasteiger partial charge in [-0.05, 0) is 13.3 Å². The van der Waals surface area contributed by atoms with Gasteiger partial charge in [0.05, 0.1) is 0 Å². The molecule has 0 bridgehead atoms. The second-order valence-corrected chi connectivity index (χ2v) is 3.41. The Morgan fingerprint density at radius 2 is 2.21 bits per heavy atom. The molecular formula is C9H11N3O2. The number of aryl methyl sites for hydroxylation is 1. The zero-order chi connectivity index (χ0) is 10.3. The van der Waals surface area contributed by atoms with Crippen molar-refractivity contribution in [3.05, 3.63) is 17.1 Å². The topological polar surface area (TPSA) is 66.3 Å². The van der Waals surface area contributed by atoms with E-state index in [-0.39, 0.29) is 5.82 Å². The van der Waals surface area contributed by atoms with Crippen molar-refractivity contribution in [2.45, 2.75) is 13.3 Å². The first-order valence-corrected chi connectivity index (χ1v) is 4.41. The summed E-state index contributed by atoms with van der Waals surface area (Å²) in [7, 11) is 1.91. The first-order chi connectivity index (χ1) is 6.59. The molecule has 1 N–H and O–H groups in total. The highest BCUT2D eigenvalue weighted by molar-refractivity contribution is 5.84. The van der Waals surface area contributed by atoms with E-state index in [4.69, 9.17) is 5.11 Å². The Hall–Kier alpha value is -1.65. The van der Waals surface area contributed by atoms with Gasteiger partial charge >= 0.3 is 5.97 Å². The molecule has 5 nitrogen and oxygen atoms in total. The molecule has 5 heteroatoms. The molecule has 2 rings (SSSR count). The lowest BCUT2D eigenvalue weighted by atomic mass is 10.2. The molecule has 0 saturated heterocycles. The largest absolute Gasteiger partial charge is 0.475 e. The molecule has 0 aromatic carbocycles. The number of rotatable bonds is 1. The molecular weight excluding hydrogens is 182 g/mol. The number of aromatic carboxylic acids is 1. The summed E-state index contributed by atoms with van der Waals surface area (Å²) in [6.45, 7) is 2.71. The lowest BCUT2D eigenvalue weighted by Crippen LogP contribution is -2.16. The van der Waals surface area contributed by atoms with E-state index >= 15 is 0 Å². The van der Waals surface area contributed by atoms with E-state index in [2.05, 4.69) is 9.97 Å². The van der Waals surface area contributed by atoms with E-state index in [0.29, 0.717) is 0 Å². The van der Waals surface area contributed by atoms with Crippen molar-refractivity contribution < 1.29 is 9.90 Å². The van der Waals surface area contributed by atoms with Gasteiger partial charge in [0.1, 0.15) is 5.82 Å². The fourth-order valence-electron chi connectivity index (χ4n) is 1.67. The summed E-state index contributed by atoms with van der Waals surface area (Å²) in [5.41, 5.74) is 1.84. The maximum atomic E-state index is 10.7. The molecule has 0 spiro atoms. The minimum absolute atomic E-state index is 0.116. The van der Waals surface area contributed by atoms with Crippen LogP contribution in [0.3, 0.4) is 0 Å². The van der Waals surface area contributed by atoms with E-state index < -0.39 is 5.97 Å². The number of carboxylic acids is 1. The monoisotopic (exact) mass is 193 g/mol. The van der Waals surface area contributed by atoms with Gasteiger partial charge in [-0.1, -0.05) is 0 Å². The van der Waals surface area contributed by atoms with Gasteiger partial charge in [0.2, 0.25) is 5.82 Å². The van der Waals surface area contributed by atoms with Crippen LogP contribution >= 0.6 is 0 Å². The van der Waals surface area contributed by atoms with Crippen LogP contribution < -0.4 is 4.90 Å². The molecule has 1 aliphatic heterocycles. The molecule has 0 amide bonds. The van der Waals surface area contributed by atoms with Gasteiger partial charge in [-0.3, -0.25) is 0 Å². The third-order valence-corrected chi connectivity index (χ3v) is 2.44. The molecule has 0 radical (unpaired) electrons. The van der Waals surface area contributed by atoms with Crippen molar-refractivity contribution in [2.24, 2.45) is 0 Å². The van der Waals surface area contributed by atoms with Crippen molar-refractivity contribution in [1.29, 1.82) is 0 Å². The van der Waals surface area contributed by atoms with Crippen LogP contribution in [0, 0.1) is 6.92 Å². The maximum Gasteiger partial charge on any atom is 0.374 e. The number of aromatic nitrogens is 2. The van der Waals surface area contributed by atoms with E-state index in [1.165, 1.54) is 0 Å². The molecule has 0 fully saturated rings. The molecule has 2 heterocycles. The fourth-order valence-corrected chi connectivity index (χ4v) is 1.67. The third kappa shape index (κ3) is 1.21. The van der Waals surface area contributed by atoms with Crippen molar-refractivity contribution in [3.63, 3.8) is 0 Å². The van der Waals surface area contributed by atoms with Crippen molar-refractivity contribution in [2.75, 3.05) is 18.5 Å². The van der Waals surface area contributed by atoms with Gasteiger partial charge in [-0.15, -0.1) is 0 Å². The van der Waals surface area contributed by atoms with E-state index in [1.807, 2.05) is 18.9 Å². The Bertz CT molecular complexity index is 403. The molecule has 0 saturated carbocycles. The van der Waals surface area contributed by atoms with Crippen LogP contribution in [0.4, 0.5) is 5.82 Å². The number of carbonyl (C=O) groups is 1. The zero-order valence-electron chi connectivity index (χ0n) is 8.11. The highest BCUT2D eigenvalue weighted by Gasteiger charge is 2.22. The maximum absolute atomic E-state index is 10.7. The Labute approximate surface area is 81.4 Å². The number of nitrogens with zero attached hydrogens (tertiary/aromatic N) is 3. The fraction of sp³-hybridized carbons (Fsp3) is 0.444. The average molecular weight is 193 g/mol. The van der Waals surface area contributed by atoms with Gasteiger partial charge in [0.15, 0.2) is 0 Å². The normalized spacial score (nSPS) is 14.3. The number of hydrogen-bond donors (Lipinski definition) is 1. The number of hydrogen-bond acceptors (Lipinski definition) is 4. The van der Waals surface area contributed by atoms with Crippen LogP contribution in [0.25, 0.3) is 0 Å². The summed E-state index contributed by atoms with van der Waals surface area (Å²) in [5.74, 6) is -0.430. The van der Waals surface area contributed by atoms with Crippen molar-refractivity contribution in [3.8, 4) is 0 Å². The summed E-state index contributed by atoms with van der Waals surface area (Å²) in [6.07, 6.45) is 0.900. The smallest absolute Gasteiger partial charge is 0.374 e. The Morgan fingerprint density at radius 3 is 2.86 bits per heavy atom. The predicted molar refractivity (Wildman–Crippen MR) is 50.7 cm³/mol. The standard InChI is InChI=1S/C9H11N3O2/c1-5-6-3-4-12(2)8(6)11-7(10-5)9(13)14/h3-4H2,1-2H3,(H,13,14). The predicted octanol–water partition coefficient (Wildman–Crippen LogP) is 0.476. The number of carboxylic acid groups (broad SMARTS) is 1. The summed E-state index contributed by atoms with van der Waals surface area (Å²) in [4.78, 5) is 20.6. The van der Waals surface area contributed by atoms with Crippen molar-refractivity contribution in [1.82, 2.24) is 9.97 Å². The quantitative estimate of drug-likeness (QED) is 0.702. The van der Waals surface area contributed by atoms with Crippen LogP contribution in [0.5, 0.6) is 0 Å². The van der Waals surface area contributed by atoms with Crippen molar-refractivity contribution >= 4 is 11.8 Å². The lowest BCUT2D eigenvalue weighted by Gasteiger charge is -2.11. The van der Waals surface area contributed by atoms with Crippen LogP contribution in [-0.4, -0.2) is 34.6 Å². The highest BCUT2D eigenvalue weighted by atomic mass is 16.4. The van der Waals surface area contributed by atoms with Gasteiger partial charge in [0.25, 0.3) is 0 Å². The Balaban J connectivity index is 2.58. The first kappa shape index (κ1) is 8.93. The summed E-state index contributed by atoms with van der Waals surface area (Å²) in [6, 6.07) is 0. The van der Waals surface area contributed by atoms with Gasteiger partial charge in [-0.25, -0.2) is 14.8 Å². The summed E-state index contributed by atoms with van der Waals surface area (Å²) >= 11 is 0. The number of likely N-dealkylation sites (N-methyl/N-ethyl adjacent to an activating group) is 1. The second-order valence-electron chi connectivity index (χ2n) is 3.41. The van der Waals surface area contributed by atoms with Crippen LogP contribution in [-0.2, 0) is 6.42 Å². The SMILES string of the molecule is Cc1nc(C(=O)O)nc2c1CCN2C.